The Bertz CT molecular complexity index is 717. The van der Waals surface area contributed by atoms with Crippen LogP contribution in [0, 0.1) is 5.82 Å². The van der Waals surface area contributed by atoms with E-state index in [0.717, 1.165) is 5.56 Å². The quantitative estimate of drug-likeness (QED) is 0.783. The third-order valence-corrected chi connectivity index (χ3v) is 4.90. The number of aryl methyl sites for hydroxylation is 1. The number of benzene rings is 2. The fourth-order valence-electron chi connectivity index (χ4n) is 2.06. The van der Waals surface area contributed by atoms with Crippen LogP contribution in [0.15, 0.2) is 48.5 Å². The lowest BCUT2D eigenvalue weighted by Crippen LogP contribution is -2.26. The van der Waals surface area contributed by atoms with Gasteiger partial charge >= 0.3 is 0 Å². The van der Waals surface area contributed by atoms with E-state index < -0.39 is 10.0 Å². The minimum atomic E-state index is -3.42. The number of hydrogen-bond donors (Lipinski definition) is 1. The Hall–Kier alpha value is -1.43. The first-order valence-corrected chi connectivity index (χ1v) is 8.94. The van der Waals surface area contributed by atoms with Crippen LogP contribution in [0.25, 0.3) is 0 Å². The summed E-state index contributed by atoms with van der Waals surface area (Å²) in [6.07, 6.45) is 1.37. The van der Waals surface area contributed by atoms with Crippen LogP contribution in [-0.4, -0.2) is 15.0 Å². The summed E-state index contributed by atoms with van der Waals surface area (Å²) in [5, 5.41) is 0.691. The van der Waals surface area contributed by atoms with E-state index in [1.165, 1.54) is 24.3 Å². The Balaban J connectivity index is 1.80. The molecule has 0 radical (unpaired) electrons. The van der Waals surface area contributed by atoms with Crippen molar-refractivity contribution in [3.63, 3.8) is 0 Å². The highest BCUT2D eigenvalue weighted by Gasteiger charge is 2.11. The summed E-state index contributed by atoms with van der Waals surface area (Å²) in [7, 11) is -3.42. The minimum Gasteiger partial charge on any atom is -0.215 e. The predicted octanol–water partition coefficient (Wildman–Crippen LogP) is 3.53. The van der Waals surface area contributed by atoms with Crippen LogP contribution < -0.4 is 4.72 Å². The second kappa shape index (κ2) is 7.72. The Morgan fingerprint density at radius 3 is 2.41 bits per heavy atom. The van der Waals surface area contributed by atoms with Crippen molar-refractivity contribution in [3.8, 4) is 0 Å². The zero-order valence-corrected chi connectivity index (χ0v) is 13.5. The molecule has 0 aliphatic heterocycles. The van der Waals surface area contributed by atoms with Crippen molar-refractivity contribution in [2.75, 3.05) is 6.54 Å². The number of nitrogens with one attached hydrogen (secondary N) is 1. The average molecular weight is 342 g/mol. The zero-order chi connectivity index (χ0) is 16.0. The lowest BCUT2D eigenvalue weighted by atomic mass is 10.1. The maximum absolute atomic E-state index is 12.8. The van der Waals surface area contributed by atoms with E-state index >= 15 is 0 Å². The van der Waals surface area contributed by atoms with Gasteiger partial charge in [0.05, 0.1) is 5.75 Å². The van der Waals surface area contributed by atoms with E-state index in [-0.39, 0.29) is 11.6 Å². The summed E-state index contributed by atoms with van der Waals surface area (Å²) >= 11 is 6.04. The molecule has 0 bridgehead atoms. The molecule has 3 nitrogen and oxygen atoms in total. The van der Waals surface area contributed by atoms with Gasteiger partial charge in [-0.25, -0.2) is 17.5 Å². The van der Waals surface area contributed by atoms with Crippen molar-refractivity contribution in [2.24, 2.45) is 0 Å². The highest BCUT2D eigenvalue weighted by Crippen LogP contribution is 2.16. The van der Waals surface area contributed by atoms with Gasteiger partial charge in [-0.05, 0) is 42.2 Å². The second-order valence-electron chi connectivity index (χ2n) is 4.97. The van der Waals surface area contributed by atoms with Gasteiger partial charge in [0.25, 0.3) is 0 Å². The highest BCUT2D eigenvalue weighted by atomic mass is 35.5. The fourth-order valence-corrected chi connectivity index (χ4v) is 3.48. The summed E-state index contributed by atoms with van der Waals surface area (Å²) in [6.45, 7) is 0.342. The summed E-state index contributed by atoms with van der Waals surface area (Å²) in [5.41, 5.74) is 1.56. The number of halogens is 2. The normalized spacial score (nSPS) is 11.5. The van der Waals surface area contributed by atoms with Crippen LogP contribution in [0.3, 0.4) is 0 Å². The highest BCUT2D eigenvalue weighted by molar-refractivity contribution is 7.88. The molecule has 0 unspecified atom stereocenters. The van der Waals surface area contributed by atoms with Gasteiger partial charge in [-0.15, -0.1) is 0 Å². The zero-order valence-electron chi connectivity index (χ0n) is 11.9. The molecule has 2 aromatic carbocycles. The van der Waals surface area contributed by atoms with Crippen LogP contribution in [-0.2, 0) is 22.2 Å². The number of sulfonamides is 1. The first kappa shape index (κ1) is 16.9. The van der Waals surface area contributed by atoms with Crippen molar-refractivity contribution in [1.82, 2.24) is 4.72 Å². The third-order valence-electron chi connectivity index (χ3n) is 3.17. The Kier molecular flexibility index (Phi) is 5.94. The van der Waals surface area contributed by atoms with Crippen LogP contribution in [0.2, 0.25) is 5.02 Å². The smallest absolute Gasteiger partial charge is 0.215 e. The third kappa shape index (κ3) is 5.40. The maximum atomic E-state index is 12.8. The molecule has 1 N–H and O–H groups in total. The Morgan fingerprint density at radius 2 is 1.73 bits per heavy atom. The molecule has 0 atom stereocenters. The summed E-state index contributed by atoms with van der Waals surface area (Å²) in [5.74, 6) is -0.534. The van der Waals surface area contributed by atoms with E-state index in [1.807, 2.05) is 24.3 Å². The molecular formula is C16H17ClFNO2S. The molecule has 0 spiro atoms. The predicted molar refractivity (Wildman–Crippen MR) is 86.8 cm³/mol. The van der Waals surface area contributed by atoms with Gasteiger partial charge in [-0.2, -0.15) is 0 Å². The van der Waals surface area contributed by atoms with E-state index in [4.69, 9.17) is 11.6 Å². The first-order chi connectivity index (χ1) is 10.5. The summed E-state index contributed by atoms with van der Waals surface area (Å²) < 4.78 is 39.2. The molecule has 0 saturated heterocycles. The molecule has 6 heteroatoms. The van der Waals surface area contributed by atoms with E-state index in [2.05, 4.69) is 4.72 Å². The number of hydrogen-bond acceptors (Lipinski definition) is 2. The van der Waals surface area contributed by atoms with Crippen LogP contribution in [0.4, 0.5) is 4.39 Å². The van der Waals surface area contributed by atoms with Crippen LogP contribution >= 0.6 is 11.6 Å². The molecular weight excluding hydrogens is 325 g/mol. The van der Waals surface area contributed by atoms with E-state index in [9.17, 15) is 12.8 Å². The number of rotatable bonds is 7. The molecule has 2 rings (SSSR count). The monoisotopic (exact) mass is 341 g/mol. The minimum absolute atomic E-state index is 0.153. The first-order valence-electron chi connectivity index (χ1n) is 6.91. The molecule has 118 valence electrons. The topological polar surface area (TPSA) is 46.2 Å². The Labute approximate surface area is 135 Å². The summed E-state index contributed by atoms with van der Waals surface area (Å²) in [6, 6.07) is 12.9. The van der Waals surface area contributed by atoms with E-state index in [0.29, 0.717) is 30.0 Å². The standard InChI is InChI=1S/C16H17ClFNO2S/c17-16-6-2-1-4-14(16)5-3-11-19-22(20,21)12-13-7-9-15(18)10-8-13/h1-2,4,6-10,19H,3,5,11-12H2. The van der Waals surface area contributed by atoms with Crippen molar-refractivity contribution in [2.45, 2.75) is 18.6 Å². The van der Waals surface area contributed by atoms with Crippen molar-refractivity contribution < 1.29 is 12.8 Å². The Morgan fingerprint density at radius 1 is 1.05 bits per heavy atom. The van der Waals surface area contributed by atoms with E-state index in [1.54, 1.807) is 0 Å². The van der Waals surface area contributed by atoms with Crippen LogP contribution in [0.1, 0.15) is 17.5 Å². The lowest BCUT2D eigenvalue weighted by molar-refractivity contribution is 0.578. The SMILES string of the molecule is O=S(=O)(Cc1ccc(F)cc1)NCCCc1ccccc1Cl. The van der Waals surface area contributed by atoms with Gasteiger partial charge in [0.15, 0.2) is 0 Å². The van der Waals surface area contributed by atoms with Crippen molar-refractivity contribution in [3.05, 3.63) is 70.5 Å². The molecule has 0 aliphatic rings. The largest absolute Gasteiger partial charge is 0.215 e. The average Bonchev–Trinajstić information content (AvgIpc) is 2.47. The molecule has 0 heterocycles. The fraction of sp³-hybridized carbons (Fsp3) is 0.250. The second-order valence-corrected chi connectivity index (χ2v) is 7.19. The van der Waals surface area contributed by atoms with Gasteiger partial charge in [0, 0.05) is 11.6 Å². The lowest BCUT2D eigenvalue weighted by Gasteiger charge is -2.07. The van der Waals surface area contributed by atoms with Gasteiger partial charge in [0.1, 0.15) is 5.82 Å². The molecule has 0 fully saturated rings. The molecule has 0 aliphatic carbocycles. The van der Waals surface area contributed by atoms with Gasteiger partial charge in [0.2, 0.25) is 10.0 Å². The van der Waals surface area contributed by atoms with Crippen molar-refractivity contribution >= 4 is 21.6 Å². The van der Waals surface area contributed by atoms with Crippen LogP contribution in [0.5, 0.6) is 0 Å². The molecule has 0 aromatic heterocycles. The molecule has 0 amide bonds. The van der Waals surface area contributed by atoms with Crippen molar-refractivity contribution in [1.29, 1.82) is 0 Å². The summed E-state index contributed by atoms with van der Waals surface area (Å²) in [4.78, 5) is 0. The van der Waals surface area contributed by atoms with Gasteiger partial charge in [-0.1, -0.05) is 41.9 Å². The van der Waals surface area contributed by atoms with Gasteiger partial charge < -0.3 is 0 Å². The molecule has 2 aromatic rings. The maximum Gasteiger partial charge on any atom is 0.215 e. The molecule has 22 heavy (non-hydrogen) atoms. The van der Waals surface area contributed by atoms with Gasteiger partial charge in [-0.3, -0.25) is 0 Å². The molecule has 0 saturated carbocycles.